The number of methoxy groups -OCH3 is 1. The van der Waals surface area contributed by atoms with Crippen LogP contribution in [-0.4, -0.2) is 43.2 Å². The SMILES string of the molecule is COc1cccc(C(c2ccc3cnccc3c2)N2CCNCC2)c1. The molecule has 0 saturated carbocycles. The lowest BCUT2D eigenvalue weighted by Gasteiger charge is -2.35. The molecule has 4 heteroatoms. The standard InChI is InChI=1S/C21H23N3O/c1-25-20-4-2-3-17(14-20)21(24-11-9-22-10-12-24)18-5-6-19-15-23-8-7-16(19)13-18/h2-8,13-15,21-22H,9-12H2,1H3. The number of nitrogens with zero attached hydrogens (tertiary/aromatic N) is 2. The van der Waals surface area contributed by atoms with Crippen LogP contribution in [0.4, 0.5) is 0 Å². The summed E-state index contributed by atoms with van der Waals surface area (Å²) in [6.45, 7) is 4.13. The largest absolute Gasteiger partial charge is 0.497 e. The van der Waals surface area contributed by atoms with E-state index in [2.05, 4.69) is 57.7 Å². The lowest BCUT2D eigenvalue weighted by atomic mass is 9.94. The lowest BCUT2D eigenvalue weighted by Crippen LogP contribution is -2.45. The van der Waals surface area contributed by atoms with Gasteiger partial charge in [-0.15, -0.1) is 0 Å². The second-order valence-electron chi connectivity index (χ2n) is 6.45. The van der Waals surface area contributed by atoms with Gasteiger partial charge in [0.1, 0.15) is 5.75 Å². The molecule has 1 aliphatic rings. The molecule has 0 radical (unpaired) electrons. The van der Waals surface area contributed by atoms with Crippen LogP contribution in [0.2, 0.25) is 0 Å². The van der Waals surface area contributed by atoms with Gasteiger partial charge in [-0.1, -0.05) is 24.3 Å². The van der Waals surface area contributed by atoms with Gasteiger partial charge in [0.15, 0.2) is 0 Å². The molecule has 1 aromatic heterocycles. The van der Waals surface area contributed by atoms with Crippen LogP contribution in [-0.2, 0) is 0 Å². The number of ether oxygens (including phenoxy) is 1. The van der Waals surface area contributed by atoms with E-state index in [0.717, 1.165) is 31.9 Å². The molecule has 1 fully saturated rings. The van der Waals surface area contributed by atoms with E-state index < -0.39 is 0 Å². The second-order valence-corrected chi connectivity index (χ2v) is 6.45. The first-order valence-corrected chi connectivity index (χ1v) is 8.77. The quantitative estimate of drug-likeness (QED) is 0.795. The zero-order chi connectivity index (χ0) is 17.1. The van der Waals surface area contributed by atoms with Crippen molar-refractivity contribution in [2.75, 3.05) is 33.3 Å². The van der Waals surface area contributed by atoms with Gasteiger partial charge in [0, 0.05) is 44.0 Å². The minimum absolute atomic E-state index is 0.231. The molecule has 1 N–H and O–H groups in total. The second kappa shape index (κ2) is 7.21. The summed E-state index contributed by atoms with van der Waals surface area (Å²) in [4.78, 5) is 6.77. The molecule has 0 aliphatic carbocycles. The summed E-state index contributed by atoms with van der Waals surface area (Å²) in [6, 6.07) is 17.5. The molecule has 128 valence electrons. The van der Waals surface area contributed by atoms with Gasteiger partial charge in [0.2, 0.25) is 0 Å². The monoisotopic (exact) mass is 333 g/mol. The maximum Gasteiger partial charge on any atom is 0.119 e. The highest BCUT2D eigenvalue weighted by Crippen LogP contribution is 2.32. The smallest absolute Gasteiger partial charge is 0.119 e. The zero-order valence-corrected chi connectivity index (χ0v) is 14.5. The summed E-state index contributed by atoms with van der Waals surface area (Å²) in [5.41, 5.74) is 2.59. The van der Waals surface area contributed by atoms with Gasteiger partial charge in [0.25, 0.3) is 0 Å². The number of nitrogens with one attached hydrogen (secondary N) is 1. The summed E-state index contributed by atoms with van der Waals surface area (Å²) < 4.78 is 5.46. The van der Waals surface area contributed by atoms with Crippen molar-refractivity contribution in [3.8, 4) is 5.75 Å². The predicted octanol–water partition coefficient (Wildman–Crippen LogP) is 3.24. The van der Waals surface area contributed by atoms with Crippen LogP contribution in [0.5, 0.6) is 5.75 Å². The molecule has 2 aromatic carbocycles. The van der Waals surface area contributed by atoms with Crippen molar-refractivity contribution in [2.45, 2.75) is 6.04 Å². The van der Waals surface area contributed by atoms with E-state index in [0.29, 0.717) is 0 Å². The fourth-order valence-electron chi connectivity index (χ4n) is 3.64. The molecule has 3 aromatic rings. The molecule has 1 aliphatic heterocycles. The van der Waals surface area contributed by atoms with Gasteiger partial charge in [-0.25, -0.2) is 0 Å². The average molecular weight is 333 g/mol. The lowest BCUT2D eigenvalue weighted by molar-refractivity contribution is 0.198. The summed E-state index contributed by atoms with van der Waals surface area (Å²) >= 11 is 0. The number of piperazine rings is 1. The molecule has 0 spiro atoms. The Morgan fingerprint density at radius 3 is 2.68 bits per heavy atom. The molecular formula is C21H23N3O. The molecule has 2 heterocycles. The first-order chi connectivity index (χ1) is 12.3. The van der Waals surface area contributed by atoms with Crippen LogP contribution in [0.3, 0.4) is 0 Å². The van der Waals surface area contributed by atoms with Crippen molar-refractivity contribution >= 4 is 10.8 Å². The number of aromatic nitrogens is 1. The molecule has 1 saturated heterocycles. The van der Waals surface area contributed by atoms with E-state index in [-0.39, 0.29) is 6.04 Å². The first-order valence-electron chi connectivity index (χ1n) is 8.77. The summed E-state index contributed by atoms with van der Waals surface area (Å²) in [7, 11) is 1.72. The van der Waals surface area contributed by atoms with Crippen molar-refractivity contribution in [2.24, 2.45) is 0 Å². The maximum atomic E-state index is 5.46. The Hall–Kier alpha value is -2.43. The van der Waals surface area contributed by atoms with Crippen LogP contribution >= 0.6 is 0 Å². The van der Waals surface area contributed by atoms with Crippen molar-refractivity contribution in [3.63, 3.8) is 0 Å². The van der Waals surface area contributed by atoms with E-state index in [1.54, 1.807) is 7.11 Å². The number of pyridine rings is 1. The molecule has 0 amide bonds. The normalized spacial score (nSPS) is 16.7. The Morgan fingerprint density at radius 1 is 1.00 bits per heavy atom. The van der Waals surface area contributed by atoms with E-state index in [9.17, 15) is 0 Å². The maximum absolute atomic E-state index is 5.46. The minimum Gasteiger partial charge on any atom is -0.497 e. The van der Waals surface area contributed by atoms with Gasteiger partial charge in [0.05, 0.1) is 13.2 Å². The summed E-state index contributed by atoms with van der Waals surface area (Å²) in [5.74, 6) is 0.905. The number of fused-ring (bicyclic) bond motifs is 1. The van der Waals surface area contributed by atoms with Gasteiger partial charge in [-0.2, -0.15) is 0 Å². The zero-order valence-electron chi connectivity index (χ0n) is 14.5. The Morgan fingerprint density at radius 2 is 1.84 bits per heavy atom. The van der Waals surface area contributed by atoms with Crippen LogP contribution in [0.15, 0.2) is 60.9 Å². The Kier molecular flexibility index (Phi) is 4.63. The number of rotatable bonds is 4. The highest BCUT2D eigenvalue weighted by molar-refractivity contribution is 5.82. The van der Waals surface area contributed by atoms with Crippen molar-refractivity contribution < 1.29 is 4.74 Å². The van der Waals surface area contributed by atoms with Gasteiger partial charge >= 0.3 is 0 Å². The van der Waals surface area contributed by atoms with E-state index in [4.69, 9.17) is 4.74 Å². The summed E-state index contributed by atoms with van der Waals surface area (Å²) in [6.07, 6.45) is 3.78. The molecule has 4 rings (SSSR count). The third-order valence-corrected chi connectivity index (χ3v) is 4.91. The van der Waals surface area contributed by atoms with Crippen LogP contribution < -0.4 is 10.1 Å². The predicted molar refractivity (Wildman–Crippen MR) is 101 cm³/mol. The highest BCUT2D eigenvalue weighted by Gasteiger charge is 2.24. The number of benzene rings is 2. The molecule has 0 bridgehead atoms. The van der Waals surface area contributed by atoms with Gasteiger partial charge < -0.3 is 10.1 Å². The summed E-state index contributed by atoms with van der Waals surface area (Å²) in [5, 5.41) is 5.86. The third kappa shape index (κ3) is 3.36. The molecular weight excluding hydrogens is 310 g/mol. The third-order valence-electron chi connectivity index (χ3n) is 4.91. The fourth-order valence-corrected chi connectivity index (χ4v) is 3.64. The van der Waals surface area contributed by atoms with Crippen LogP contribution in [0.25, 0.3) is 10.8 Å². The molecule has 1 unspecified atom stereocenters. The topological polar surface area (TPSA) is 37.4 Å². The van der Waals surface area contributed by atoms with Crippen LogP contribution in [0.1, 0.15) is 17.2 Å². The minimum atomic E-state index is 0.231. The van der Waals surface area contributed by atoms with Gasteiger partial charge in [-0.3, -0.25) is 9.88 Å². The van der Waals surface area contributed by atoms with Crippen molar-refractivity contribution in [1.29, 1.82) is 0 Å². The molecule has 4 nitrogen and oxygen atoms in total. The van der Waals surface area contributed by atoms with Crippen molar-refractivity contribution in [1.82, 2.24) is 15.2 Å². The Labute approximate surface area is 148 Å². The van der Waals surface area contributed by atoms with E-state index >= 15 is 0 Å². The Bertz CT molecular complexity index is 858. The van der Waals surface area contributed by atoms with E-state index in [1.807, 2.05) is 18.5 Å². The number of hydrogen-bond acceptors (Lipinski definition) is 4. The Balaban J connectivity index is 1.80. The van der Waals surface area contributed by atoms with Crippen molar-refractivity contribution in [3.05, 3.63) is 72.1 Å². The van der Waals surface area contributed by atoms with Crippen LogP contribution in [0, 0.1) is 0 Å². The average Bonchev–Trinajstić information content (AvgIpc) is 2.69. The first kappa shape index (κ1) is 16.1. The van der Waals surface area contributed by atoms with E-state index in [1.165, 1.54) is 21.9 Å². The van der Waals surface area contributed by atoms with Gasteiger partial charge in [-0.05, 0) is 40.8 Å². The highest BCUT2D eigenvalue weighted by atomic mass is 16.5. The molecule has 25 heavy (non-hydrogen) atoms. The number of hydrogen-bond donors (Lipinski definition) is 1. The molecule has 1 atom stereocenters. The fraction of sp³-hybridized carbons (Fsp3) is 0.286.